The fraction of sp³-hybridized carbons (Fsp3) is 0.278. The smallest absolute Gasteiger partial charge is 0.231 e. The van der Waals surface area contributed by atoms with Crippen molar-refractivity contribution in [3.8, 4) is 11.5 Å². The molecule has 0 saturated heterocycles. The molecule has 1 aliphatic rings. The molecule has 0 spiro atoms. The summed E-state index contributed by atoms with van der Waals surface area (Å²) in [7, 11) is 0. The van der Waals surface area contributed by atoms with E-state index in [2.05, 4.69) is 17.6 Å². The molecule has 0 bridgehead atoms. The topological polar surface area (TPSA) is 59.6 Å². The third-order valence-electron chi connectivity index (χ3n) is 3.66. The lowest BCUT2D eigenvalue weighted by atomic mass is 10.1. The van der Waals surface area contributed by atoms with Crippen LogP contribution in [0.5, 0.6) is 11.5 Å². The minimum absolute atomic E-state index is 0. The Morgan fingerprint density at radius 3 is 2.75 bits per heavy atom. The third-order valence-corrected chi connectivity index (χ3v) is 3.66. The second-order valence-corrected chi connectivity index (χ2v) is 5.35. The quantitative estimate of drug-likeness (QED) is 0.842. The number of hydrogen-bond donors (Lipinski definition) is 2. The van der Waals surface area contributed by atoms with Gasteiger partial charge in [-0.05, 0) is 35.9 Å². The Morgan fingerprint density at radius 1 is 1.12 bits per heavy atom. The summed E-state index contributed by atoms with van der Waals surface area (Å²) in [6.07, 6.45) is 0.298. The van der Waals surface area contributed by atoms with Crippen molar-refractivity contribution in [1.82, 2.24) is 5.32 Å². The van der Waals surface area contributed by atoms with Crippen molar-refractivity contribution in [2.24, 2.45) is 0 Å². The van der Waals surface area contributed by atoms with Gasteiger partial charge in [0, 0.05) is 12.2 Å². The van der Waals surface area contributed by atoms with Gasteiger partial charge in [0.15, 0.2) is 11.5 Å². The Labute approximate surface area is 147 Å². The molecule has 24 heavy (non-hydrogen) atoms. The number of nitrogens with one attached hydrogen (secondary N) is 2. The monoisotopic (exact) mass is 348 g/mol. The van der Waals surface area contributed by atoms with Gasteiger partial charge in [0.2, 0.25) is 12.7 Å². The average molecular weight is 349 g/mol. The standard InChI is InChI=1S/C18H20N2O3.ClH/c1-2-19-11-14-5-3-4-6-15(14)20-18(21)10-13-7-8-16-17(9-13)23-12-22-16;/h3-9,19H,2,10-12H2,1H3,(H,20,21);1H. The van der Waals surface area contributed by atoms with Gasteiger partial charge in [-0.15, -0.1) is 12.4 Å². The van der Waals surface area contributed by atoms with E-state index in [9.17, 15) is 4.79 Å². The minimum Gasteiger partial charge on any atom is -0.454 e. The Hall–Kier alpha value is -2.24. The molecule has 0 fully saturated rings. The molecule has 1 aliphatic heterocycles. The summed E-state index contributed by atoms with van der Waals surface area (Å²) < 4.78 is 10.6. The Kier molecular flexibility index (Phi) is 6.46. The highest BCUT2D eigenvalue weighted by Crippen LogP contribution is 2.32. The van der Waals surface area contributed by atoms with Gasteiger partial charge in [0.25, 0.3) is 0 Å². The molecule has 1 amide bonds. The molecule has 2 aromatic rings. The maximum Gasteiger partial charge on any atom is 0.231 e. The molecule has 0 unspecified atom stereocenters. The van der Waals surface area contributed by atoms with Gasteiger partial charge in [0.1, 0.15) is 0 Å². The number of rotatable bonds is 6. The SMILES string of the molecule is CCNCc1ccccc1NC(=O)Cc1ccc2c(c1)OCO2.Cl. The molecule has 0 saturated carbocycles. The predicted octanol–water partition coefficient (Wildman–Crippen LogP) is 3.13. The number of carbonyl (C=O) groups excluding carboxylic acids is 1. The molecular formula is C18H21ClN2O3. The second-order valence-electron chi connectivity index (χ2n) is 5.35. The molecular weight excluding hydrogens is 328 g/mol. The summed E-state index contributed by atoms with van der Waals surface area (Å²) >= 11 is 0. The normalized spacial score (nSPS) is 11.7. The van der Waals surface area contributed by atoms with Crippen LogP contribution >= 0.6 is 12.4 Å². The van der Waals surface area contributed by atoms with Crippen molar-refractivity contribution in [3.05, 3.63) is 53.6 Å². The number of para-hydroxylation sites is 1. The van der Waals surface area contributed by atoms with Crippen LogP contribution in [-0.2, 0) is 17.8 Å². The van der Waals surface area contributed by atoms with E-state index in [1.165, 1.54) is 0 Å². The highest BCUT2D eigenvalue weighted by atomic mass is 35.5. The number of carbonyl (C=O) groups is 1. The van der Waals surface area contributed by atoms with Crippen LogP contribution in [0.4, 0.5) is 5.69 Å². The van der Waals surface area contributed by atoms with Crippen molar-refractivity contribution in [1.29, 1.82) is 0 Å². The van der Waals surface area contributed by atoms with Crippen molar-refractivity contribution >= 4 is 24.0 Å². The molecule has 1 heterocycles. The number of anilines is 1. The van der Waals surface area contributed by atoms with Crippen LogP contribution in [0.3, 0.4) is 0 Å². The molecule has 5 nitrogen and oxygen atoms in total. The maximum atomic E-state index is 12.3. The number of benzene rings is 2. The maximum absolute atomic E-state index is 12.3. The first-order valence-electron chi connectivity index (χ1n) is 7.73. The van der Waals surface area contributed by atoms with Gasteiger partial charge < -0.3 is 20.1 Å². The molecule has 0 aliphatic carbocycles. The lowest BCUT2D eigenvalue weighted by molar-refractivity contribution is -0.115. The van der Waals surface area contributed by atoms with Crippen LogP contribution in [0.15, 0.2) is 42.5 Å². The summed E-state index contributed by atoms with van der Waals surface area (Å²) in [5.74, 6) is 1.38. The fourth-order valence-corrected chi connectivity index (χ4v) is 2.49. The van der Waals surface area contributed by atoms with E-state index in [1.807, 2.05) is 42.5 Å². The van der Waals surface area contributed by atoms with Gasteiger partial charge in [-0.25, -0.2) is 0 Å². The van der Waals surface area contributed by atoms with E-state index in [-0.39, 0.29) is 25.1 Å². The van der Waals surface area contributed by atoms with E-state index in [0.717, 1.165) is 35.7 Å². The third kappa shape index (κ3) is 4.40. The molecule has 2 N–H and O–H groups in total. The number of hydrogen-bond acceptors (Lipinski definition) is 4. The zero-order valence-electron chi connectivity index (χ0n) is 13.5. The van der Waals surface area contributed by atoms with E-state index < -0.39 is 0 Å². The van der Waals surface area contributed by atoms with E-state index in [4.69, 9.17) is 9.47 Å². The van der Waals surface area contributed by atoms with Gasteiger partial charge in [-0.3, -0.25) is 4.79 Å². The van der Waals surface area contributed by atoms with Gasteiger partial charge in [0.05, 0.1) is 6.42 Å². The van der Waals surface area contributed by atoms with Crippen molar-refractivity contribution in [2.75, 3.05) is 18.7 Å². The first kappa shape index (κ1) is 18.1. The molecule has 3 rings (SSSR count). The van der Waals surface area contributed by atoms with Crippen LogP contribution in [0.25, 0.3) is 0 Å². The number of amides is 1. The minimum atomic E-state index is -0.0483. The van der Waals surface area contributed by atoms with Crippen molar-refractivity contribution in [2.45, 2.75) is 19.9 Å². The first-order chi connectivity index (χ1) is 11.3. The second kappa shape index (κ2) is 8.57. The number of fused-ring (bicyclic) bond motifs is 1. The van der Waals surface area contributed by atoms with Crippen LogP contribution < -0.4 is 20.1 Å². The van der Waals surface area contributed by atoms with Crippen LogP contribution in [0.2, 0.25) is 0 Å². The summed E-state index contributed by atoms with van der Waals surface area (Å²) in [6, 6.07) is 13.4. The molecule has 0 radical (unpaired) electrons. The summed E-state index contributed by atoms with van der Waals surface area (Å²) in [6.45, 7) is 3.92. The molecule has 128 valence electrons. The van der Waals surface area contributed by atoms with E-state index in [0.29, 0.717) is 12.2 Å². The fourth-order valence-electron chi connectivity index (χ4n) is 2.49. The van der Waals surface area contributed by atoms with Crippen LogP contribution in [0, 0.1) is 0 Å². The van der Waals surface area contributed by atoms with Gasteiger partial charge in [-0.1, -0.05) is 31.2 Å². The Morgan fingerprint density at radius 2 is 1.92 bits per heavy atom. The van der Waals surface area contributed by atoms with Crippen LogP contribution in [0.1, 0.15) is 18.1 Å². The summed E-state index contributed by atoms with van der Waals surface area (Å²) in [4.78, 5) is 12.3. The van der Waals surface area contributed by atoms with Crippen LogP contribution in [-0.4, -0.2) is 19.2 Å². The van der Waals surface area contributed by atoms with Gasteiger partial charge in [-0.2, -0.15) is 0 Å². The van der Waals surface area contributed by atoms with Gasteiger partial charge >= 0.3 is 0 Å². The Bertz CT molecular complexity index is 706. The lowest BCUT2D eigenvalue weighted by Gasteiger charge is -2.11. The zero-order valence-corrected chi connectivity index (χ0v) is 14.3. The summed E-state index contributed by atoms with van der Waals surface area (Å²) in [5.41, 5.74) is 2.82. The lowest BCUT2D eigenvalue weighted by Crippen LogP contribution is -2.18. The predicted molar refractivity (Wildman–Crippen MR) is 96.0 cm³/mol. The average Bonchev–Trinajstić information content (AvgIpc) is 3.01. The molecule has 2 aromatic carbocycles. The van der Waals surface area contributed by atoms with Crippen molar-refractivity contribution < 1.29 is 14.3 Å². The van der Waals surface area contributed by atoms with E-state index >= 15 is 0 Å². The molecule has 6 heteroatoms. The highest BCUT2D eigenvalue weighted by molar-refractivity contribution is 5.93. The van der Waals surface area contributed by atoms with Crippen molar-refractivity contribution in [3.63, 3.8) is 0 Å². The highest BCUT2D eigenvalue weighted by Gasteiger charge is 2.15. The van der Waals surface area contributed by atoms with E-state index in [1.54, 1.807) is 0 Å². The molecule has 0 aromatic heterocycles. The molecule has 0 atom stereocenters. The summed E-state index contributed by atoms with van der Waals surface area (Å²) in [5, 5.41) is 6.26. The number of ether oxygens (including phenoxy) is 2. The largest absolute Gasteiger partial charge is 0.454 e. The first-order valence-corrected chi connectivity index (χ1v) is 7.73. The number of halogens is 1. The Balaban J connectivity index is 0.00000208. The zero-order chi connectivity index (χ0) is 16.1.